The van der Waals surface area contributed by atoms with Crippen LogP contribution in [0.3, 0.4) is 0 Å². The highest BCUT2D eigenvalue weighted by atomic mass is 16.4. The lowest BCUT2D eigenvalue weighted by molar-refractivity contribution is -0.141. The molecule has 2 aliphatic rings. The second kappa shape index (κ2) is 4.07. The van der Waals surface area contributed by atoms with E-state index < -0.39 is 11.9 Å². The zero-order valence-electron chi connectivity index (χ0n) is 9.85. The van der Waals surface area contributed by atoms with Crippen LogP contribution in [0.5, 0.6) is 0 Å². The van der Waals surface area contributed by atoms with Crippen molar-refractivity contribution in [2.75, 3.05) is 13.1 Å². The lowest BCUT2D eigenvalue weighted by Crippen LogP contribution is -2.31. The van der Waals surface area contributed by atoms with Crippen LogP contribution in [0.25, 0.3) is 0 Å². The van der Waals surface area contributed by atoms with Gasteiger partial charge < -0.3 is 10.0 Å². The molecule has 3 unspecified atom stereocenters. The topological polar surface area (TPSA) is 57.6 Å². The highest BCUT2D eigenvalue weighted by molar-refractivity contribution is 5.89. The fraction of sp³-hybridized carbons (Fsp3) is 0.833. The van der Waals surface area contributed by atoms with E-state index in [0.717, 1.165) is 19.5 Å². The molecular formula is C12H19NO3. The Morgan fingerprint density at radius 3 is 2.44 bits per heavy atom. The predicted molar refractivity (Wildman–Crippen MR) is 58.8 cm³/mol. The fourth-order valence-electron chi connectivity index (χ4n) is 2.51. The molecular weight excluding hydrogens is 206 g/mol. The Hall–Kier alpha value is -1.06. The van der Waals surface area contributed by atoms with Crippen LogP contribution in [0.15, 0.2) is 0 Å². The molecule has 1 aliphatic heterocycles. The molecule has 1 saturated carbocycles. The van der Waals surface area contributed by atoms with E-state index in [-0.39, 0.29) is 11.8 Å². The minimum Gasteiger partial charge on any atom is -0.481 e. The van der Waals surface area contributed by atoms with Gasteiger partial charge in [-0.15, -0.1) is 0 Å². The maximum absolute atomic E-state index is 12.0. The second-order valence-corrected chi connectivity index (χ2v) is 5.36. The quantitative estimate of drug-likeness (QED) is 0.785. The van der Waals surface area contributed by atoms with Gasteiger partial charge in [-0.3, -0.25) is 9.59 Å². The fourth-order valence-corrected chi connectivity index (χ4v) is 2.51. The van der Waals surface area contributed by atoms with E-state index in [1.54, 1.807) is 0 Å². The molecule has 0 radical (unpaired) electrons. The lowest BCUT2D eigenvalue weighted by Gasteiger charge is -2.18. The highest BCUT2D eigenvalue weighted by Gasteiger charge is 2.50. The summed E-state index contributed by atoms with van der Waals surface area (Å²) in [6.45, 7) is 5.98. The number of nitrogens with zero attached hydrogens (tertiary/aromatic N) is 1. The van der Waals surface area contributed by atoms with Gasteiger partial charge >= 0.3 is 5.97 Å². The van der Waals surface area contributed by atoms with Crippen LogP contribution in [0.2, 0.25) is 0 Å². The Bertz CT molecular complexity index is 313. The van der Waals surface area contributed by atoms with Gasteiger partial charge in [0.15, 0.2) is 0 Å². The summed E-state index contributed by atoms with van der Waals surface area (Å²) < 4.78 is 0. The Labute approximate surface area is 95.6 Å². The first kappa shape index (κ1) is 11.4. The summed E-state index contributed by atoms with van der Waals surface area (Å²) in [6, 6.07) is 0. The van der Waals surface area contributed by atoms with Crippen molar-refractivity contribution in [2.45, 2.75) is 26.7 Å². The summed E-state index contributed by atoms with van der Waals surface area (Å²) in [7, 11) is 0. The molecule has 4 heteroatoms. The Balaban J connectivity index is 1.87. The smallest absolute Gasteiger partial charge is 0.307 e. The molecule has 0 aromatic heterocycles. The summed E-state index contributed by atoms with van der Waals surface area (Å²) in [4.78, 5) is 24.5. The van der Waals surface area contributed by atoms with Crippen LogP contribution in [0, 0.1) is 23.7 Å². The minimum atomic E-state index is -0.821. The van der Waals surface area contributed by atoms with Crippen molar-refractivity contribution < 1.29 is 14.7 Å². The molecule has 0 spiro atoms. The number of hydrogen-bond acceptors (Lipinski definition) is 2. The maximum Gasteiger partial charge on any atom is 0.307 e. The van der Waals surface area contributed by atoms with Crippen molar-refractivity contribution in [1.29, 1.82) is 0 Å². The number of aliphatic carboxylic acids is 1. The van der Waals surface area contributed by atoms with E-state index >= 15 is 0 Å². The van der Waals surface area contributed by atoms with Crippen molar-refractivity contribution in [3.05, 3.63) is 0 Å². The normalized spacial score (nSPS) is 33.2. The summed E-state index contributed by atoms with van der Waals surface area (Å²) >= 11 is 0. The van der Waals surface area contributed by atoms with Crippen molar-refractivity contribution >= 4 is 11.9 Å². The number of carbonyl (C=O) groups excluding carboxylic acids is 1. The Kier molecular flexibility index (Phi) is 2.91. The summed E-state index contributed by atoms with van der Waals surface area (Å²) in [6.07, 6.45) is 1.60. The van der Waals surface area contributed by atoms with Crippen molar-refractivity contribution in [1.82, 2.24) is 4.90 Å². The molecule has 1 saturated heterocycles. The molecule has 2 fully saturated rings. The first-order valence-electron chi connectivity index (χ1n) is 6.02. The number of carboxylic acids is 1. The van der Waals surface area contributed by atoms with Crippen LogP contribution < -0.4 is 0 Å². The van der Waals surface area contributed by atoms with Gasteiger partial charge in [0.1, 0.15) is 0 Å². The molecule has 4 nitrogen and oxygen atoms in total. The third-order valence-electron chi connectivity index (χ3n) is 3.90. The van der Waals surface area contributed by atoms with Gasteiger partial charge in [-0.1, -0.05) is 13.8 Å². The standard InChI is InChI=1S/C12H19NO3/c1-7(2)8-3-4-13(6-8)11(14)9-5-10(9)12(15)16/h7-10H,3-6H2,1-2H3,(H,15,16). The van der Waals surface area contributed by atoms with Crippen LogP contribution >= 0.6 is 0 Å². The average Bonchev–Trinajstić information content (AvgIpc) is 2.86. The number of amides is 1. The number of carboxylic acid groups (broad SMARTS) is 1. The van der Waals surface area contributed by atoms with Crippen LogP contribution in [0.1, 0.15) is 26.7 Å². The molecule has 90 valence electrons. The number of carbonyl (C=O) groups is 2. The zero-order chi connectivity index (χ0) is 11.9. The molecule has 0 aromatic carbocycles. The average molecular weight is 225 g/mol. The molecule has 1 amide bonds. The van der Waals surface area contributed by atoms with E-state index in [2.05, 4.69) is 13.8 Å². The molecule has 0 bridgehead atoms. The monoisotopic (exact) mass is 225 g/mol. The zero-order valence-corrected chi connectivity index (χ0v) is 9.85. The molecule has 1 heterocycles. The molecule has 1 N–H and O–H groups in total. The number of rotatable bonds is 3. The number of likely N-dealkylation sites (tertiary alicyclic amines) is 1. The van der Waals surface area contributed by atoms with E-state index in [1.165, 1.54) is 0 Å². The van der Waals surface area contributed by atoms with Crippen molar-refractivity contribution in [2.24, 2.45) is 23.7 Å². The van der Waals surface area contributed by atoms with E-state index in [4.69, 9.17) is 5.11 Å². The van der Waals surface area contributed by atoms with Gasteiger partial charge in [0.2, 0.25) is 5.91 Å². The first-order valence-corrected chi connectivity index (χ1v) is 6.02. The van der Waals surface area contributed by atoms with Gasteiger partial charge in [0, 0.05) is 13.1 Å². The second-order valence-electron chi connectivity index (χ2n) is 5.36. The Morgan fingerprint density at radius 1 is 1.31 bits per heavy atom. The molecule has 2 rings (SSSR count). The molecule has 16 heavy (non-hydrogen) atoms. The summed E-state index contributed by atoms with van der Waals surface area (Å²) in [5.74, 6) is -0.208. The Morgan fingerprint density at radius 2 is 2.00 bits per heavy atom. The maximum atomic E-state index is 12.0. The van der Waals surface area contributed by atoms with E-state index in [0.29, 0.717) is 18.3 Å². The third-order valence-corrected chi connectivity index (χ3v) is 3.90. The van der Waals surface area contributed by atoms with Crippen molar-refractivity contribution in [3.63, 3.8) is 0 Å². The van der Waals surface area contributed by atoms with Crippen LogP contribution in [-0.2, 0) is 9.59 Å². The van der Waals surface area contributed by atoms with Crippen molar-refractivity contribution in [3.8, 4) is 0 Å². The van der Waals surface area contributed by atoms with Crippen LogP contribution in [-0.4, -0.2) is 35.0 Å². The van der Waals surface area contributed by atoms with Gasteiger partial charge in [0.05, 0.1) is 11.8 Å². The first-order chi connectivity index (χ1) is 7.50. The van der Waals surface area contributed by atoms with E-state index in [9.17, 15) is 9.59 Å². The molecule has 3 atom stereocenters. The van der Waals surface area contributed by atoms with Gasteiger partial charge in [-0.25, -0.2) is 0 Å². The van der Waals surface area contributed by atoms with Crippen LogP contribution in [0.4, 0.5) is 0 Å². The SMILES string of the molecule is CC(C)C1CCN(C(=O)C2CC2C(=O)O)C1. The predicted octanol–water partition coefficient (Wildman–Crippen LogP) is 1.21. The lowest BCUT2D eigenvalue weighted by atomic mass is 9.95. The highest BCUT2D eigenvalue weighted by Crippen LogP contribution is 2.41. The molecule has 0 aromatic rings. The number of hydrogen-bond donors (Lipinski definition) is 1. The third kappa shape index (κ3) is 2.06. The van der Waals surface area contributed by atoms with E-state index in [1.807, 2.05) is 4.90 Å². The summed E-state index contributed by atoms with van der Waals surface area (Å²) in [5.41, 5.74) is 0. The minimum absolute atomic E-state index is 0.0653. The van der Waals surface area contributed by atoms with Gasteiger partial charge in [-0.2, -0.15) is 0 Å². The van der Waals surface area contributed by atoms with Gasteiger partial charge in [-0.05, 0) is 24.7 Å². The molecule has 1 aliphatic carbocycles. The van der Waals surface area contributed by atoms with Gasteiger partial charge in [0.25, 0.3) is 0 Å². The summed E-state index contributed by atoms with van der Waals surface area (Å²) in [5, 5.41) is 8.78. The largest absolute Gasteiger partial charge is 0.481 e.